The van der Waals surface area contributed by atoms with Crippen LogP contribution in [0.3, 0.4) is 0 Å². The fourth-order valence-corrected chi connectivity index (χ4v) is 2.75. The normalized spacial score (nSPS) is 16.2. The lowest BCUT2D eigenvalue weighted by atomic mass is 10.1. The van der Waals surface area contributed by atoms with E-state index in [1.54, 1.807) is 23.2 Å². The molecule has 0 bridgehead atoms. The molecule has 0 unspecified atom stereocenters. The van der Waals surface area contributed by atoms with Crippen molar-refractivity contribution in [3.05, 3.63) is 53.9 Å². The number of H-pyrrole nitrogens is 1. The van der Waals surface area contributed by atoms with E-state index >= 15 is 0 Å². The molecule has 7 heteroatoms. The first-order chi connectivity index (χ1) is 11.4. The number of carbonyl (C=O) groups is 1. The molecule has 1 aromatic heterocycles. The Labute approximate surface area is 137 Å². The van der Waals surface area contributed by atoms with Gasteiger partial charge in [-0.15, -0.1) is 0 Å². The number of likely N-dealkylation sites (tertiary alicyclic amines) is 1. The maximum atomic E-state index is 12.7. The average Bonchev–Trinajstić information content (AvgIpc) is 3.09. The molecule has 1 saturated heterocycles. The largest absolute Gasteiger partial charge is 0.490 e. The Kier molecular flexibility index (Phi) is 4.51. The van der Waals surface area contributed by atoms with E-state index in [0.29, 0.717) is 31.6 Å². The predicted molar refractivity (Wildman–Crippen MR) is 81.8 cm³/mol. The minimum atomic E-state index is -4.38. The number of aromatic nitrogens is 1. The van der Waals surface area contributed by atoms with E-state index in [-0.39, 0.29) is 17.8 Å². The van der Waals surface area contributed by atoms with E-state index in [9.17, 15) is 18.0 Å². The number of nitrogens with one attached hydrogen (secondary N) is 1. The molecule has 1 amide bonds. The molecule has 2 aromatic rings. The summed E-state index contributed by atoms with van der Waals surface area (Å²) >= 11 is 0. The average molecular weight is 338 g/mol. The van der Waals surface area contributed by atoms with E-state index < -0.39 is 11.7 Å². The number of nitrogens with zero attached hydrogens (tertiary/aromatic N) is 1. The number of halogens is 3. The summed E-state index contributed by atoms with van der Waals surface area (Å²) in [5, 5.41) is 0. The van der Waals surface area contributed by atoms with Gasteiger partial charge in [-0.2, -0.15) is 13.2 Å². The van der Waals surface area contributed by atoms with E-state index in [4.69, 9.17) is 4.74 Å². The van der Waals surface area contributed by atoms with Crippen molar-refractivity contribution in [3.8, 4) is 5.75 Å². The summed E-state index contributed by atoms with van der Waals surface area (Å²) in [6.45, 7) is 1.03. The second kappa shape index (κ2) is 6.59. The molecular weight excluding hydrogens is 321 g/mol. The molecule has 1 fully saturated rings. The summed E-state index contributed by atoms with van der Waals surface area (Å²) in [4.78, 5) is 16.8. The van der Waals surface area contributed by atoms with Crippen LogP contribution in [-0.4, -0.2) is 35.0 Å². The molecule has 128 valence electrons. The van der Waals surface area contributed by atoms with E-state index in [1.165, 1.54) is 12.1 Å². The van der Waals surface area contributed by atoms with Crippen LogP contribution < -0.4 is 4.74 Å². The van der Waals surface area contributed by atoms with Gasteiger partial charge in [-0.1, -0.05) is 6.07 Å². The van der Waals surface area contributed by atoms with Gasteiger partial charge < -0.3 is 14.6 Å². The minimum absolute atomic E-state index is 0.0717. The minimum Gasteiger partial charge on any atom is -0.490 e. The maximum absolute atomic E-state index is 12.7. The van der Waals surface area contributed by atoms with Crippen LogP contribution >= 0.6 is 0 Å². The zero-order chi connectivity index (χ0) is 17.2. The van der Waals surface area contributed by atoms with Gasteiger partial charge in [-0.25, -0.2) is 0 Å². The zero-order valence-electron chi connectivity index (χ0n) is 12.8. The third-order valence-electron chi connectivity index (χ3n) is 4.02. The smallest absolute Gasteiger partial charge is 0.416 e. The first kappa shape index (κ1) is 16.4. The number of ether oxygens (including phenoxy) is 1. The van der Waals surface area contributed by atoms with Crippen molar-refractivity contribution in [2.45, 2.75) is 25.1 Å². The predicted octanol–water partition coefficient (Wildman–Crippen LogP) is 3.72. The monoisotopic (exact) mass is 338 g/mol. The van der Waals surface area contributed by atoms with E-state index in [2.05, 4.69) is 4.98 Å². The Morgan fingerprint density at radius 2 is 1.92 bits per heavy atom. The van der Waals surface area contributed by atoms with Crippen LogP contribution in [0.2, 0.25) is 0 Å². The van der Waals surface area contributed by atoms with Crippen LogP contribution in [0.4, 0.5) is 13.2 Å². The summed E-state index contributed by atoms with van der Waals surface area (Å²) in [5.74, 6) is 0.136. The van der Waals surface area contributed by atoms with Gasteiger partial charge in [0, 0.05) is 32.1 Å². The number of amides is 1. The number of benzene rings is 1. The second-order valence-electron chi connectivity index (χ2n) is 5.72. The molecule has 24 heavy (non-hydrogen) atoms. The Hall–Kier alpha value is -2.44. The molecule has 1 aliphatic heterocycles. The number of rotatable bonds is 3. The first-order valence-corrected chi connectivity index (χ1v) is 7.70. The maximum Gasteiger partial charge on any atom is 0.416 e. The standard InChI is InChI=1S/C17H17F3N2O2/c18-17(19,20)12-3-1-4-14(11-12)24-13-6-9-22(10-7-13)16(23)15-5-2-8-21-15/h1-5,8,11,13,21H,6-7,9-10H2. The van der Waals surface area contributed by atoms with Crippen LogP contribution in [0, 0.1) is 0 Å². The highest BCUT2D eigenvalue weighted by Crippen LogP contribution is 2.32. The third-order valence-corrected chi connectivity index (χ3v) is 4.02. The molecule has 1 aliphatic rings. The van der Waals surface area contributed by atoms with Crippen LogP contribution in [0.1, 0.15) is 28.9 Å². The molecule has 4 nitrogen and oxygen atoms in total. The van der Waals surface area contributed by atoms with Gasteiger partial charge in [0.05, 0.1) is 5.56 Å². The molecule has 0 atom stereocenters. The number of hydrogen-bond donors (Lipinski definition) is 1. The van der Waals surface area contributed by atoms with Crippen molar-refractivity contribution in [3.63, 3.8) is 0 Å². The molecule has 1 N–H and O–H groups in total. The highest BCUT2D eigenvalue weighted by Gasteiger charge is 2.31. The fraction of sp³-hybridized carbons (Fsp3) is 0.353. The highest BCUT2D eigenvalue weighted by atomic mass is 19.4. The van der Waals surface area contributed by atoms with Crippen LogP contribution in [0.25, 0.3) is 0 Å². The number of carbonyl (C=O) groups excluding carboxylic acids is 1. The van der Waals surface area contributed by atoms with Gasteiger partial charge in [-0.3, -0.25) is 4.79 Å². The van der Waals surface area contributed by atoms with Crippen molar-refractivity contribution in [2.75, 3.05) is 13.1 Å². The lowest BCUT2D eigenvalue weighted by Crippen LogP contribution is -2.41. The number of aromatic amines is 1. The van der Waals surface area contributed by atoms with Gasteiger partial charge in [-0.05, 0) is 30.3 Å². The van der Waals surface area contributed by atoms with E-state index in [0.717, 1.165) is 12.1 Å². The van der Waals surface area contributed by atoms with Crippen molar-refractivity contribution >= 4 is 5.91 Å². The summed E-state index contributed by atoms with van der Waals surface area (Å²) in [7, 11) is 0. The number of alkyl halides is 3. The van der Waals surface area contributed by atoms with Crippen molar-refractivity contribution in [2.24, 2.45) is 0 Å². The quantitative estimate of drug-likeness (QED) is 0.927. The van der Waals surface area contributed by atoms with Crippen LogP contribution in [0.5, 0.6) is 5.75 Å². The zero-order valence-corrected chi connectivity index (χ0v) is 12.8. The van der Waals surface area contributed by atoms with Crippen LogP contribution in [-0.2, 0) is 6.18 Å². The van der Waals surface area contributed by atoms with Gasteiger partial charge in [0.15, 0.2) is 0 Å². The molecule has 0 aliphatic carbocycles. The summed E-state index contributed by atoms with van der Waals surface area (Å²) in [6.07, 6.45) is -1.71. The SMILES string of the molecule is O=C(c1ccc[nH]1)N1CCC(Oc2cccc(C(F)(F)F)c2)CC1. The van der Waals surface area contributed by atoms with Gasteiger partial charge in [0.2, 0.25) is 0 Å². The topological polar surface area (TPSA) is 45.3 Å². The van der Waals surface area contributed by atoms with Gasteiger partial charge >= 0.3 is 6.18 Å². The fourth-order valence-electron chi connectivity index (χ4n) is 2.75. The molecule has 0 radical (unpaired) electrons. The first-order valence-electron chi connectivity index (χ1n) is 7.70. The third kappa shape index (κ3) is 3.72. The molecule has 3 rings (SSSR count). The Morgan fingerprint density at radius 1 is 1.17 bits per heavy atom. The van der Waals surface area contributed by atoms with Gasteiger partial charge in [0.1, 0.15) is 17.5 Å². The summed E-state index contributed by atoms with van der Waals surface area (Å²) in [6, 6.07) is 8.36. The Balaban J connectivity index is 1.57. The second-order valence-corrected chi connectivity index (χ2v) is 5.72. The molecule has 1 aromatic carbocycles. The number of piperidine rings is 1. The van der Waals surface area contributed by atoms with Crippen molar-refractivity contribution in [1.82, 2.24) is 9.88 Å². The Morgan fingerprint density at radius 3 is 2.54 bits per heavy atom. The lowest BCUT2D eigenvalue weighted by Gasteiger charge is -2.32. The lowest BCUT2D eigenvalue weighted by molar-refractivity contribution is -0.137. The molecular formula is C17H17F3N2O2. The Bertz CT molecular complexity index is 690. The molecule has 2 heterocycles. The molecule has 0 saturated carbocycles. The van der Waals surface area contributed by atoms with Gasteiger partial charge in [0.25, 0.3) is 5.91 Å². The number of hydrogen-bond acceptors (Lipinski definition) is 2. The summed E-state index contributed by atoms with van der Waals surface area (Å²) in [5.41, 5.74) is -0.188. The van der Waals surface area contributed by atoms with Crippen LogP contribution in [0.15, 0.2) is 42.6 Å². The van der Waals surface area contributed by atoms with E-state index in [1.807, 2.05) is 0 Å². The molecule has 0 spiro atoms. The van der Waals surface area contributed by atoms with Crippen molar-refractivity contribution in [1.29, 1.82) is 0 Å². The summed E-state index contributed by atoms with van der Waals surface area (Å²) < 4.78 is 43.8. The van der Waals surface area contributed by atoms with Crippen molar-refractivity contribution < 1.29 is 22.7 Å². The highest BCUT2D eigenvalue weighted by molar-refractivity contribution is 5.92.